The van der Waals surface area contributed by atoms with Crippen LogP contribution in [-0.4, -0.2) is 4.86 Å². The van der Waals surface area contributed by atoms with Crippen molar-refractivity contribution in [3.63, 3.8) is 0 Å². The van der Waals surface area contributed by atoms with Gasteiger partial charge in [-0.3, -0.25) is 0 Å². The van der Waals surface area contributed by atoms with Gasteiger partial charge in [0.2, 0.25) is 0 Å². The third-order valence-corrected chi connectivity index (χ3v) is 1.14. The highest BCUT2D eigenvalue weighted by Crippen LogP contribution is 2.07. The minimum absolute atomic E-state index is 0.237. The number of hydrogen-bond donors (Lipinski definition) is 0. The summed E-state index contributed by atoms with van der Waals surface area (Å²) >= 11 is 4.70. The van der Waals surface area contributed by atoms with Crippen LogP contribution in [0.5, 0.6) is 0 Å². The first-order valence-corrected chi connectivity index (χ1v) is 2.68. The van der Waals surface area contributed by atoms with Crippen LogP contribution in [0.3, 0.4) is 0 Å². The lowest BCUT2D eigenvalue weighted by Gasteiger charge is -1.95. The van der Waals surface area contributed by atoms with Crippen molar-refractivity contribution in [3.05, 3.63) is 24.1 Å². The molecule has 0 unspecified atom stereocenters. The maximum absolute atomic E-state index is 12.0. The molecule has 0 atom stereocenters. The van der Waals surface area contributed by atoms with Crippen LogP contribution in [0.15, 0.2) is 18.0 Å². The molecule has 2 heteroatoms. The van der Waals surface area contributed by atoms with E-state index in [0.29, 0.717) is 11.3 Å². The normalized spacial score (nSPS) is 18.6. The van der Waals surface area contributed by atoms with Crippen molar-refractivity contribution in [1.82, 2.24) is 0 Å². The largest absolute Gasteiger partial charge is 0.207 e. The summed E-state index contributed by atoms with van der Waals surface area (Å²) in [5, 5.41) is 0. The summed E-state index contributed by atoms with van der Waals surface area (Å²) in [6.07, 6.45) is 5.82. The Morgan fingerprint density at radius 2 is 2.50 bits per heavy atom. The molecule has 0 N–H and O–H groups in total. The van der Waals surface area contributed by atoms with Crippen LogP contribution >= 0.6 is 12.2 Å². The minimum Gasteiger partial charge on any atom is -0.207 e. The van der Waals surface area contributed by atoms with Crippen molar-refractivity contribution in [3.8, 4) is 0 Å². The molecule has 0 amide bonds. The third-order valence-electron chi connectivity index (χ3n) is 0.854. The van der Waals surface area contributed by atoms with E-state index in [4.69, 9.17) is 12.2 Å². The molecule has 1 rings (SSSR count). The predicted molar refractivity (Wildman–Crippen MR) is 34.2 cm³/mol. The molecule has 0 fully saturated rings. The van der Waals surface area contributed by atoms with E-state index in [-0.39, 0.29) is 5.83 Å². The van der Waals surface area contributed by atoms with Gasteiger partial charge in [0.05, 0.1) is 0 Å². The van der Waals surface area contributed by atoms with Gasteiger partial charge < -0.3 is 0 Å². The van der Waals surface area contributed by atoms with E-state index >= 15 is 0 Å². The Hall–Kier alpha value is -0.500. The molecule has 0 aromatic rings. The van der Waals surface area contributed by atoms with Crippen molar-refractivity contribution in [2.24, 2.45) is 0 Å². The molecule has 0 bridgehead atoms. The molecule has 1 radical (unpaired) electrons. The molecule has 0 aromatic heterocycles. The number of halogens is 1. The molecular formula is C6H4FS. The number of allylic oxidation sites excluding steroid dienone is 4. The van der Waals surface area contributed by atoms with E-state index in [2.05, 4.69) is 6.08 Å². The van der Waals surface area contributed by atoms with Gasteiger partial charge >= 0.3 is 0 Å². The molecular weight excluding hydrogens is 123 g/mol. The summed E-state index contributed by atoms with van der Waals surface area (Å²) < 4.78 is 12.0. The second-order valence-electron chi connectivity index (χ2n) is 1.50. The predicted octanol–water partition coefficient (Wildman–Crippen LogP) is 1.97. The fourth-order valence-electron chi connectivity index (χ4n) is 0.457. The summed E-state index contributed by atoms with van der Waals surface area (Å²) in [4.78, 5) is 0.673. The summed E-state index contributed by atoms with van der Waals surface area (Å²) in [5.74, 6) is -0.237. The quantitative estimate of drug-likeness (QED) is 0.448. The molecule has 0 saturated carbocycles. The Morgan fingerprint density at radius 3 is 2.88 bits per heavy atom. The zero-order valence-corrected chi connectivity index (χ0v) is 4.96. The molecule has 0 aliphatic heterocycles. The molecule has 41 valence electrons. The molecule has 8 heavy (non-hydrogen) atoms. The SMILES string of the molecule is FC1=CCC(=S)[C]=C1. The van der Waals surface area contributed by atoms with Crippen molar-refractivity contribution in [1.29, 1.82) is 0 Å². The number of rotatable bonds is 0. The standard InChI is InChI=1S/C6H4FS/c7-5-1-3-6(8)4-2-5/h1-2H,3H2. The topological polar surface area (TPSA) is 0 Å². The van der Waals surface area contributed by atoms with Gasteiger partial charge in [-0.05, 0) is 12.2 Å². The molecule has 0 saturated heterocycles. The van der Waals surface area contributed by atoms with E-state index in [0.717, 1.165) is 0 Å². The Kier molecular flexibility index (Phi) is 1.53. The second kappa shape index (κ2) is 2.18. The van der Waals surface area contributed by atoms with Crippen LogP contribution in [0.25, 0.3) is 0 Å². The van der Waals surface area contributed by atoms with Gasteiger partial charge in [0.15, 0.2) is 0 Å². The number of thiocarbonyl (C=S) groups is 1. The average Bonchev–Trinajstić information content (AvgIpc) is 1.77. The van der Waals surface area contributed by atoms with Gasteiger partial charge in [0.25, 0.3) is 0 Å². The first-order valence-electron chi connectivity index (χ1n) is 2.27. The van der Waals surface area contributed by atoms with Crippen LogP contribution in [0.2, 0.25) is 0 Å². The highest BCUT2D eigenvalue weighted by molar-refractivity contribution is 7.80. The van der Waals surface area contributed by atoms with E-state index in [1.165, 1.54) is 12.2 Å². The first kappa shape index (κ1) is 5.63. The van der Waals surface area contributed by atoms with Crippen LogP contribution in [0, 0.1) is 6.08 Å². The average molecular weight is 127 g/mol. The summed E-state index contributed by atoms with van der Waals surface area (Å²) in [7, 11) is 0. The smallest absolute Gasteiger partial charge is 0.120 e. The van der Waals surface area contributed by atoms with E-state index < -0.39 is 0 Å². The van der Waals surface area contributed by atoms with Gasteiger partial charge in [-0.25, -0.2) is 4.39 Å². The molecule has 1 aliphatic carbocycles. The zero-order chi connectivity index (χ0) is 5.98. The second-order valence-corrected chi connectivity index (χ2v) is 2.00. The van der Waals surface area contributed by atoms with E-state index in [9.17, 15) is 4.39 Å². The Morgan fingerprint density at radius 1 is 1.75 bits per heavy atom. The summed E-state index contributed by atoms with van der Waals surface area (Å²) in [5.41, 5.74) is 0. The molecule has 0 aromatic carbocycles. The monoisotopic (exact) mass is 127 g/mol. The van der Waals surface area contributed by atoms with Crippen molar-refractivity contribution in [2.45, 2.75) is 6.42 Å². The van der Waals surface area contributed by atoms with Gasteiger partial charge in [0.1, 0.15) is 5.83 Å². The third kappa shape index (κ3) is 1.23. The Labute approximate surface area is 52.7 Å². The van der Waals surface area contributed by atoms with E-state index in [1.807, 2.05) is 0 Å². The molecule has 1 aliphatic rings. The van der Waals surface area contributed by atoms with Gasteiger partial charge in [-0.2, -0.15) is 0 Å². The van der Waals surface area contributed by atoms with Gasteiger partial charge in [0, 0.05) is 17.4 Å². The lowest BCUT2D eigenvalue weighted by atomic mass is 10.2. The van der Waals surface area contributed by atoms with Crippen molar-refractivity contribution in [2.75, 3.05) is 0 Å². The van der Waals surface area contributed by atoms with Crippen LogP contribution in [0.1, 0.15) is 6.42 Å². The lowest BCUT2D eigenvalue weighted by Crippen LogP contribution is -1.91. The highest BCUT2D eigenvalue weighted by Gasteiger charge is 1.97. The minimum atomic E-state index is -0.237. The maximum Gasteiger partial charge on any atom is 0.120 e. The lowest BCUT2D eigenvalue weighted by molar-refractivity contribution is 0.661. The summed E-state index contributed by atoms with van der Waals surface area (Å²) in [6.45, 7) is 0. The van der Waals surface area contributed by atoms with Crippen molar-refractivity contribution < 1.29 is 4.39 Å². The Bertz CT molecular complexity index is 165. The van der Waals surface area contributed by atoms with Crippen LogP contribution < -0.4 is 0 Å². The fraction of sp³-hybridized carbons (Fsp3) is 0.167. The van der Waals surface area contributed by atoms with Crippen LogP contribution in [-0.2, 0) is 0 Å². The number of hydrogen-bond acceptors (Lipinski definition) is 1. The molecule has 0 spiro atoms. The molecule has 0 heterocycles. The maximum atomic E-state index is 12.0. The molecule has 0 nitrogen and oxygen atoms in total. The van der Waals surface area contributed by atoms with E-state index in [1.54, 1.807) is 0 Å². The zero-order valence-electron chi connectivity index (χ0n) is 4.15. The Balaban J connectivity index is 2.71. The fourth-order valence-corrected chi connectivity index (χ4v) is 0.600. The van der Waals surface area contributed by atoms with Crippen molar-refractivity contribution >= 4 is 17.1 Å². The van der Waals surface area contributed by atoms with Gasteiger partial charge in [-0.1, -0.05) is 12.2 Å². The van der Waals surface area contributed by atoms with Gasteiger partial charge in [-0.15, -0.1) is 0 Å². The summed E-state index contributed by atoms with van der Waals surface area (Å²) in [6, 6.07) is 0. The highest BCUT2D eigenvalue weighted by atomic mass is 32.1. The first-order chi connectivity index (χ1) is 3.79. The van der Waals surface area contributed by atoms with Crippen LogP contribution in [0.4, 0.5) is 4.39 Å².